The predicted octanol–water partition coefficient (Wildman–Crippen LogP) is 4.26. The molecule has 1 N–H and O–H groups in total. The van der Waals surface area contributed by atoms with Crippen LogP contribution in [0.15, 0.2) is 36.6 Å². The number of unbranched alkanes of at least 4 members (excludes halogenated alkanes) is 2. The minimum atomic E-state index is -0.921. The largest absolute Gasteiger partial charge is 0.499 e. The maximum Gasteiger partial charge on any atom is 0.335 e. The van der Waals surface area contributed by atoms with Gasteiger partial charge in [0.25, 0.3) is 0 Å². The lowest BCUT2D eigenvalue weighted by Crippen LogP contribution is -2.04. The predicted molar refractivity (Wildman–Crippen MR) is 82.7 cm³/mol. The summed E-state index contributed by atoms with van der Waals surface area (Å²) in [4.78, 5) is 10.7. The molecule has 1 atom stereocenters. The van der Waals surface area contributed by atoms with Gasteiger partial charge in [-0.3, -0.25) is 0 Å². The zero-order valence-electron chi connectivity index (χ0n) is 12.7. The summed E-state index contributed by atoms with van der Waals surface area (Å²) in [6.45, 7) is 4.66. The van der Waals surface area contributed by atoms with Gasteiger partial charge in [-0.1, -0.05) is 6.08 Å². The summed E-state index contributed by atoms with van der Waals surface area (Å²) in [7, 11) is 0. The van der Waals surface area contributed by atoms with Crippen LogP contribution in [-0.4, -0.2) is 23.8 Å². The number of carboxylic acid groups (broad SMARTS) is 1. The molecule has 0 heterocycles. The summed E-state index contributed by atoms with van der Waals surface area (Å²) < 4.78 is 11.0. The lowest BCUT2D eigenvalue weighted by Gasteiger charge is -2.11. The molecule has 0 aliphatic rings. The van der Waals surface area contributed by atoms with E-state index in [2.05, 4.69) is 6.92 Å². The van der Waals surface area contributed by atoms with E-state index in [1.165, 1.54) is 0 Å². The maximum absolute atomic E-state index is 10.7. The van der Waals surface area contributed by atoms with Crippen molar-refractivity contribution in [2.75, 3.05) is 6.61 Å². The Morgan fingerprint density at radius 1 is 1.24 bits per heavy atom. The number of carbonyl (C=O) groups is 1. The summed E-state index contributed by atoms with van der Waals surface area (Å²) in [6, 6.07) is 6.49. The van der Waals surface area contributed by atoms with E-state index in [0.717, 1.165) is 25.7 Å². The fourth-order valence-corrected chi connectivity index (χ4v) is 1.88. The molecule has 4 heteroatoms. The molecule has 0 saturated carbocycles. The molecule has 1 aromatic carbocycles. The van der Waals surface area contributed by atoms with Crippen molar-refractivity contribution in [1.82, 2.24) is 0 Å². The Hall–Kier alpha value is -1.97. The van der Waals surface area contributed by atoms with E-state index >= 15 is 0 Å². The van der Waals surface area contributed by atoms with E-state index in [1.54, 1.807) is 30.5 Å². The summed E-state index contributed by atoms with van der Waals surface area (Å²) >= 11 is 0. The monoisotopic (exact) mass is 292 g/mol. The molecule has 21 heavy (non-hydrogen) atoms. The molecule has 4 nitrogen and oxygen atoms in total. The zero-order valence-corrected chi connectivity index (χ0v) is 12.7. The molecule has 0 radical (unpaired) electrons. The molecular formula is C17H24O4. The first kappa shape index (κ1) is 17.1. The SMILES string of the molecule is CC=COC(C)CCCCCOc1ccc(C(=O)O)cc1. The Labute approximate surface area is 126 Å². The molecule has 0 fully saturated rings. The van der Waals surface area contributed by atoms with Gasteiger partial charge in [-0.25, -0.2) is 4.79 Å². The average Bonchev–Trinajstić information content (AvgIpc) is 2.49. The topological polar surface area (TPSA) is 55.8 Å². The number of hydrogen-bond donors (Lipinski definition) is 1. The van der Waals surface area contributed by atoms with Gasteiger partial charge in [-0.05, 0) is 63.8 Å². The highest BCUT2D eigenvalue weighted by Gasteiger charge is 2.02. The van der Waals surface area contributed by atoms with Gasteiger partial charge < -0.3 is 14.6 Å². The van der Waals surface area contributed by atoms with E-state index in [1.807, 2.05) is 13.0 Å². The maximum atomic E-state index is 10.7. The van der Waals surface area contributed by atoms with Crippen molar-refractivity contribution in [2.24, 2.45) is 0 Å². The highest BCUT2D eigenvalue weighted by atomic mass is 16.5. The van der Waals surface area contributed by atoms with Crippen molar-refractivity contribution in [2.45, 2.75) is 45.6 Å². The van der Waals surface area contributed by atoms with Gasteiger partial charge in [0.2, 0.25) is 0 Å². The van der Waals surface area contributed by atoms with Crippen LogP contribution in [-0.2, 0) is 4.74 Å². The molecular weight excluding hydrogens is 268 g/mol. The van der Waals surface area contributed by atoms with E-state index in [4.69, 9.17) is 14.6 Å². The smallest absolute Gasteiger partial charge is 0.335 e. The minimum Gasteiger partial charge on any atom is -0.499 e. The van der Waals surface area contributed by atoms with Gasteiger partial charge in [-0.15, -0.1) is 0 Å². The standard InChI is InChI=1S/C17H24O4/c1-3-12-20-14(2)7-5-4-6-13-21-16-10-8-15(9-11-16)17(18)19/h3,8-12,14H,4-7,13H2,1-2H3,(H,18,19). The third kappa shape index (κ3) is 7.40. The second-order valence-electron chi connectivity index (χ2n) is 4.94. The van der Waals surface area contributed by atoms with Crippen molar-refractivity contribution in [3.63, 3.8) is 0 Å². The Bertz CT molecular complexity index is 437. The molecule has 0 aliphatic heterocycles. The molecule has 1 rings (SSSR count). The van der Waals surface area contributed by atoms with Crippen LogP contribution in [0.2, 0.25) is 0 Å². The van der Waals surface area contributed by atoms with Gasteiger partial charge in [0.15, 0.2) is 0 Å². The van der Waals surface area contributed by atoms with Crippen molar-refractivity contribution in [3.8, 4) is 5.75 Å². The van der Waals surface area contributed by atoms with Crippen molar-refractivity contribution < 1.29 is 19.4 Å². The van der Waals surface area contributed by atoms with Crippen molar-refractivity contribution >= 4 is 5.97 Å². The fourth-order valence-electron chi connectivity index (χ4n) is 1.88. The number of allylic oxidation sites excluding steroid dienone is 1. The van der Waals surface area contributed by atoms with Crippen LogP contribution in [0, 0.1) is 0 Å². The van der Waals surface area contributed by atoms with Gasteiger partial charge in [0.05, 0.1) is 24.5 Å². The third-order valence-electron chi connectivity index (χ3n) is 3.07. The molecule has 0 aromatic heterocycles. The highest BCUT2D eigenvalue weighted by molar-refractivity contribution is 5.87. The molecule has 0 amide bonds. The van der Waals surface area contributed by atoms with Gasteiger partial charge in [0, 0.05) is 0 Å². The van der Waals surface area contributed by atoms with Crippen molar-refractivity contribution in [1.29, 1.82) is 0 Å². The number of hydrogen-bond acceptors (Lipinski definition) is 3. The van der Waals surface area contributed by atoms with Crippen LogP contribution in [0.1, 0.15) is 49.9 Å². The number of benzene rings is 1. The summed E-state index contributed by atoms with van der Waals surface area (Å²) in [6.07, 6.45) is 8.10. The van der Waals surface area contributed by atoms with Gasteiger partial charge in [0.1, 0.15) is 5.75 Å². The Morgan fingerprint density at radius 2 is 1.95 bits per heavy atom. The Balaban J connectivity index is 2.10. The van der Waals surface area contributed by atoms with Crippen LogP contribution >= 0.6 is 0 Å². The van der Waals surface area contributed by atoms with E-state index in [0.29, 0.717) is 12.4 Å². The first-order chi connectivity index (χ1) is 10.1. The summed E-state index contributed by atoms with van der Waals surface area (Å²) in [5, 5.41) is 8.79. The van der Waals surface area contributed by atoms with E-state index in [-0.39, 0.29) is 11.7 Å². The van der Waals surface area contributed by atoms with Crippen LogP contribution in [0.5, 0.6) is 5.75 Å². The molecule has 1 unspecified atom stereocenters. The minimum absolute atomic E-state index is 0.255. The van der Waals surface area contributed by atoms with Crippen LogP contribution in [0.25, 0.3) is 0 Å². The average molecular weight is 292 g/mol. The third-order valence-corrected chi connectivity index (χ3v) is 3.07. The zero-order chi connectivity index (χ0) is 15.5. The molecule has 0 spiro atoms. The first-order valence-corrected chi connectivity index (χ1v) is 7.36. The summed E-state index contributed by atoms with van der Waals surface area (Å²) in [5.41, 5.74) is 0.275. The van der Waals surface area contributed by atoms with Crippen LogP contribution < -0.4 is 4.74 Å². The fraction of sp³-hybridized carbons (Fsp3) is 0.471. The Kier molecular flexibility index (Phi) is 8.02. The number of carboxylic acids is 1. The molecule has 0 aliphatic carbocycles. The highest BCUT2D eigenvalue weighted by Crippen LogP contribution is 2.13. The molecule has 0 bridgehead atoms. The number of aromatic carboxylic acids is 1. The number of ether oxygens (including phenoxy) is 2. The normalized spacial score (nSPS) is 12.3. The van der Waals surface area contributed by atoms with Gasteiger partial charge >= 0.3 is 5.97 Å². The van der Waals surface area contributed by atoms with E-state index in [9.17, 15) is 4.79 Å². The lowest BCUT2D eigenvalue weighted by atomic mass is 10.1. The van der Waals surface area contributed by atoms with Gasteiger partial charge in [-0.2, -0.15) is 0 Å². The van der Waals surface area contributed by atoms with E-state index < -0.39 is 5.97 Å². The molecule has 0 saturated heterocycles. The number of rotatable bonds is 10. The Morgan fingerprint density at radius 3 is 2.57 bits per heavy atom. The van der Waals surface area contributed by atoms with Crippen molar-refractivity contribution in [3.05, 3.63) is 42.2 Å². The second-order valence-corrected chi connectivity index (χ2v) is 4.94. The van der Waals surface area contributed by atoms with Crippen LogP contribution in [0.3, 0.4) is 0 Å². The quantitative estimate of drug-likeness (QED) is 0.517. The van der Waals surface area contributed by atoms with Crippen LogP contribution in [0.4, 0.5) is 0 Å². The second kappa shape index (κ2) is 9.86. The molecule has 1 aromatic rings. The molecule has 116 valence electrons. The first-order valence-electron chi connectivity index (χ1n) is 7.36. The lowest BCUT2D eigenvalue weighted by molar-refractivity contribution is 0.0697. The summed E-state index contributed by atoms with van der Waals surface area (Å²) in [5.74, 6) is -0.208.